The number of carbonyl (C=O) groups is 2. The highest BCUT2D eigenvalue weighted by Gasteiger charge is 2.31. The highest BCUT2D eigenvalue weighted by atomic mass is 32.2. The number of nitrogens with zero attached hydrogens (tertiary/aromatic N) is 6. The minimum absolute atomic E-state index is 0.0204. The zero-order valence-corrected chi connectivity index (χ0v) is 37.9. The Labute approximate surface area is 373 Å². The summed E-state index contributed by atoms with van der Waals surface area (Å²) in [6.07, 6.45) is 5.04. The molecule has 5 heterocycles. The van der Waals surface area contributed by atoms with Crippen LogP contribution in [-0.4, -0.2) is 85.9 Å². The van der Waals surface area contributed by atoms with Crippen molar-refractivity contribution in [1.82, 2.24) is 25.2 Å². The smallest absolute Gasteiger partial charge is 0.234 e. The summed E-state index contributed by atoms with van der Waals surface area (Å²) in [4.78, 5) is 46.2. The summed E-state index contributed by atoms with van der Waals surface area (Å²) < 4.78 is 41.1. The van der Waals surface area contributed by atoms with E-state index in [-0.39, 0.29) is 40.7 Å². The van der Waals surface area contributed by atoms with Gasteiger partial charge in [0, 0.05) is 92.0 Å². The van der Waals surface area contributed by atoms with Crippen LogP contribution in [0.5, 0.6) is 0 Å². The second-order valence-electron chi connectivity index (χ2n) is 17.9. The minimum atomic E-state index is -4.04. The number of piperazine rings is 1. The molecular formula is C47H56FN9O4S2. The van der Waals surface area contributed by atoms with Crippen molar-refractivity contribution >= 4 is 56.2 Å². The molecule has 2 aromatic heterocycles. The highest BCUT2D eigenvalue weighted by molar-refractivity contribution is 7.89. The standard InChI is InChI=1S/C47H56FN9O4S2/c1-5-39(63(49,60)61)36-7-6-8-37(41(36)48)42-43(62-45(54-42)47(2,3)4)38-19-22-50-46(52-38)51-32-11-15-34(16-12-32)57-27-25-55(26-28-57)29-30-20-23-56(24-21-30)33-13-9-31(10-14-33)35-17-18-40(58)53-44(35)59/h6-16,19,22,30,35,39H,5,17-18,20-21,23-29H2,1-4H3,(H2,49,60,61)(H,50,51,52)(H,53,58,59)/t35-,39?/m0/s1. The van der Waals surface area contributed by atoms with Gasteiger partial charge in [0.05, 0.1) is 27.2 Å². The van der Waals surface area contributed by atoms with Gasteiger partial charge in [-0.25, -0.2) is 32.9 Å². The van der Waals surface area contributed by atoms with Gasteiger partial charge in [0.25, 0.3) is 0 Å². The Morgan fingerprint density at radius 2 is 1.56 bits per heavy atom. The molecule has 4 N–H and O–H groups in total. The molecule has 3 aromatic carbocycles. The average molecular weight is 894 g/mol. The van der Waals surface area contributed by atoms with E-state index in [0.29, 0.717) is 41.0 Å². The molecule has 16 heteroatoms. The number of halogens is 1. The maximum atomic E-state index is 16.3. The third kappa shape index (κ3) is 10.1. The van der Waals surface area contributed by atoms with Gasteiger partial charge in [-0.15, -0.1) is 11.3 Å². The van der Waals surface area contributed by atoms with Crippen molar-refractivity contribution in [2.45, 2.75) is 76.4 Å². The summed E-state index contributed by atoms with van der Waals surface area (Å²) >= 11 is 1.43. The molecule has 3 saturated heterocycles. The number of nitrogens with one attached hydrogen (secondary N) is 2. The molecule has 3 aliphatic heterocycles. The number of sulfonamides is 1. The van der Waals surface area contributed by atoms with E-state index in [0.717, 1.165) is 80.6 Å². The molecule has 0 bridgehead atoms. The maximum absolute atomic E-state index is 16.3. The Hall–Kier alpha value is -5.29. The number of thiazole rings is 1. The molecule has 3 aliphatic rings. The normalized spacial score (nSPS) is 18.7. The fourth-order valence-corrected chi connectivity index (χ4v) is 11.0. The second-order valence-corrected chi connectivity index (χ2v) is 20.6. The number of aromatic nitrogens is 3. The summed E-state index contributed by atoms with van der Waals surface area (Å²) in [6.45, 7) is 14.9. The Morgan fingerprint density at radius 1 is 0.889 bits per heavy atom. The topological polar surface area (TPSA) is 167 Å². The van der Waals surface area contributed by atoms with Crippen molar-refractivity contribution in [3.63, 3.8) is 0 Å². The van der Waals surface area contributed by atoms with E-state index in [4.69, 9.17) is 15.1 Å². The lowest BCUT2D eigenvalue weighted by atomic mass is 9.90. The fraction of sp³-hybridized carbons (Fsp3) is 0.426. The van der Waals surface area contributed by atoms with Crippen molar-refractivity contribution in [1.29, 1.82) is 0 Å². The van der Waals surface area contributed by atoms with Gasteiger partial charge < -0.3 is 15.1 Å². The number of primary sulfonamides is 1. The number of amides is 2. The van der Waals surface area contributed by atoms with E-state index < -0.39 is 21.1 Å². The van der Waals surface area contributed by atoms with Crippen LogP contribution in [0, 0.1) is 11.7 Å². The molecule has 0 radical (unpaired) electrons. The lowest BCUT2D eigenvalue weighted by Gasteiger charge is -2.40. The number of anilines is 4. The molecule has 2 amide bonds. The summed E-state index contributed by atoms with van der Waals surface area (Å²) in [5.74, 6) is -0.255. The molecule has 63 heavy (non-hydrogen) atoms. The quantitative estimate of drug-likeness (QED) is 0.105. The van der Waals surface area contributed by atoms with Crippen LogP contribution < -0.4 is 25.6 Å². The van der Waals surface area contributed by atoms with Crippen LogP contribution in [0.4, 0.5) is 27.4 Å². The fourth-order valence-electron chi connectivity index (χ4n) is 8.89. The molecule has 8 rings (SSSR count). The first-order chi connectivity index (χ1) is 30.1. The lowest BCUT2D eigenvalue weighted by Crippen LogP contribution is -2.49. The van der Waals surface area contributed by atoms with Gasteiger partial charge in [0.2, 0.25) is 27.8 Å². The van der Waals surface area contributed by atoms with Crippen LogP contribution >= 0.6 is 11.3 Å². The van der Waals surface area contributed by atoms with Crippen molar-refractivity contribution in [3.8, 4) is 21.8 Å². The molecular weight excluding hydrogens is 838 g/mol. The molecule has 1 unspecified atom stereocenters. The summed E-state index contributed by atoms with van der Waals surface area (Å²) in [5, 5.41) is 10.9. The van der Waals surface area contributed by atoms with E-state index in [2.05, 4.69) is 54.6 Å². The first-order valence-corrected chi connectivity index (χ1v) is 24.2. The zero-order chi connectivity index (χ0) is 44.5. The summed E-state index contributed by atoms with van der Waals surface area (Å²) in [7, 11) is -4.04. The zero-order valence-electron chi connectivity index (χ0n) is 36.3. The Balaban J connectivity index is 0.860. The van der Waals surface area contributed by atoms with Crippen LogP contribution in [0.2, 0.25) is 0 Å². The molecule has 13 nitrogen and oxygen atoms in total. The predicted octanol–water partition coefficient (Wildman–Crippen LogP) is 7.75. The van der Waals surface area contributed by atoms with Crippen LogP contribution in [0.1, 0.15) is 87.1 Å². The Morgan fingerprint density at radius 3 is 2.19 bits per heavy atom. The molecule has 0 saturated carbocycles. The van der Waals surface area contributed by atoms with Gasteiger partial charge in [-0.1, -0.05) is 52.0 Å². The second kappa shape index (κ2) is 18.4. The number of hydrogen-bond donors (Lipinski definition) is 3. The van der Waals surface area contributed by atoms with Gasteiger partial charge in [0.15, 0.2) is 0 Å². The monoisotopic (exact) mass is 893 g/mol. The van der Waals surface area contributed by atoms with Gasteiger partial charge in [-0.2, -0.15) is 0 Å². The van der Waals surface area contributed by atoms with E-state index in [9.17, 15) is 18.0 Å². The molecule has 332 valence electrons. The van der Waals surface area contributed by atoms with Crippen molar-refractivity contribution in [2.24, 2.45) is 11.1 Å². The minimum Gasteiger partial charge on any atom is -0.372 e. The number of benzene rings is 3. The van der Waals surface area contributed by atoms with E-state index >= 15 is 4.39 Å². The largest absolute Gasteiger partial charge is 0.372 e. The van der Waals surface area contributed by atoms with Gasteiger partial charge in [-0.05, 0) is 85.7 Å². The Bertz CT molecular complexity index is 2550. The molecule has 0 aliphatic carbocycles. The number of imide groups is 1. The number of piperidine rings is 2. The predicted molar refractivity (Wildman–Crippen MR) is 248 cm³/mol. The van der Waals surface area contributed by atoms with Crippen molar-refractivity contribution < 1.29 is 22.4 Å². The van der Waals surface area contributed by atoms with E-state index in [1.54, 1.807) is 31.3 Å². The lowest BCUT2D eigenvalue weighted by molar-refractivity contribution is -0.134. The maximum Gasteiger partial charge on any atom is 0.234 e. The molecule has 2 atom stereocenters. The van der Waals surface area contributed by atoms with E-state index in [1.807, 2.05) is 45.0 Å². The van der Waals surface area contributed by atoms with Crippen LogP contribution in [0.3, 0.4) is 0 Å². The van der Waals surface area contributed by atoms with Gasteiger partial charge in [-0.3, -0.25) is 19.8 Å². The average Bonchev–Trinajstić information content (AvgIpc) is 3.72. The Kier molecular flexibility index (Phi) is 13.0. The third-order valence-corrected chi connectivity index (χ3v) is 15.3. The van der Waals surface area contributed by atoms with Gasteiger partial charge >= 0.3 is 0 Å². The summed E-state index contributed by atoms with van der Waals surface area (Å²) in [6, 6.07) is 23.1. The van der Waals surface area contributed by atoms with Crippen LogP contribution in [-0.2, 0) is 25.0 Å². The van der Waals surface area contributed by atoms with E-state index in [1.165, 1.54) is 23.1 Å². The molecule has 3 fully saturated rings. The SMILES string of the molecule is CCC(c1cccc(-c2nc(C(C)(C)C)sc2-c2ccnc(Nc3ccc(N4CCN(CC5CCN(c6ccc([C@@H]7CCC(=O)NC7=O)cc6)CC5)CC4)cc3)n2)c1F)S(N)(=O)=O. The first kappa shape index (κ1) is 44.3. The molecule has 0 spiro atoms. The molecule has 5 aromatic rings. The number of rotatable bonds is 12. The van der Waals surface area contributed by atoms with Crippen LogP contribution in [0.15, 0.2) is 79.0 Å². The highest BCUT2D eigenvalue weighted by Crippen LogP contribution is 2.43. The van der Waals surface area contributed by atoms with Crippen molar-refractivity contribution in [3.05, 3.63) is 101 Å². The van der Waals surface area contributed by atoms with Crippen LogP contribution in [0.25, 0.3) is 21.8 Å². The first-order valence-electron chi connectivity index (χ1n) is 21.8. The number of carbonyl (C=O) groups excluding carboxylic acids is 2. The number of nitrogens with two attached hydrogens (primary N) is 1. The number of hydrogen-bond acceptors (Lipinski definition) is 12. The summed E-state index contributed by atoms with van der Waals surface area (Å²) in [5.41, 5.74) is 4.98. The van der Waals surface area contributed by atoms with Crippen molar-refractivity contribution in [2.75, 3.05) is 60.9 Å². The third-order valence-electron chi connectivity index (χ3n) is 12.4. The van der Waals surface area contributed by atoms with Gasteiger partial charge in [0.1, 0.15) is 11.1 Å².